The van der Waals surface area contributed by atoms with Crippen LogP contribution in [0.2, 0.25) is 0 Å². The van der Waals surface area contributed by atoms with Crippen LogP contribution in [0, 0.1) is 0 Å². The summed E-state index contributed by atoms with van der Waals surface area (Å²) in [5.74, 6) is -1.39. The number of aliphatic hydroxyl groups is 1. The Hall–Kier alpha value is -1.34. The van der Waals surface area contributed by atoms with E-state index in [0.29, 0.717) is 6.61 Å². The van der Waals surface area contributed by atoms with E-state index in [9.17, 15) is 14.7 Å². The molecule has 0 spiro atoms. The number of carboxylic acid groups (broad SMARTS) is 1. The zero-order chi connectivity index (χ0) is 14.4. The van der Waals surface area contributed by atoms with Crippen molar-refractivity contribution in [2.45, 2.75) is 38.9 Å². The van der Waals surface area contributed by atoms with Gasteiger partial charge in [0.25, 0.3) is 0 Å². The van der Waals surface area contributed by atoms with Crippen LogP contribution >= 0.6 is 0 Å². The van der Waals surface area contributed by atoms with Gasteiger partial charge in [0, 0.05) is 13.2 Å². The Labute approximate surface area is 107 Å². The summed E-state index contributed by atoms with van der Waals surface area (Å²) in [5, 5.41) is 22.9. The van der Waals surface area contributed by atoms with Crippen LogP contribution in [0.15, 0.2) is 0 Å². The van der Waals surface area contributed by atoms with Crippen LogP contribution in [0.25, 0.3) is 0 Å². The van der Waals surface area contributed by atoms with Gasteiger partial charge in [0.15, 0.2) is 5.60 Å². The Balaban J connectivity index is 4.03. The van der Waals surface area contributed by atoms with Gasteiger partial charge < -0.3 is 25.6 Å². The highest BCUT2D eigenvalue weighted by atomic mass is 16.5. The van der Waals surface area contributed by atoms with Gasteiger partial charge in [-0.25, -0.2) is 9.59 Å². The Morgan fingerprint density at radius 3 is 2.11 bits per heavy atom. The Kier molecular flexibility index (Phi) is 6.07. The van der Waals surface area contributed by atoms with Crippen molar-refractivity contribution >= 4 is 12.0 Å². The zero-order valence-corrected chi connectivity index (χ0v) is 11.2. The number of hydrogen-bond donors (Lipinski definition) is 4. The average Bonchev–Trinajstić information content (AvgIpc) is 2.23. The maximum atomic E-state index is 11.4. The molecule has 0 saturated carbocycles. The summed E-state index contributed by atoms with van der Waals surface area (Å²) in [5.41, 5.74) is -2.48. The monoisotopic (exact) mass is 262 g/mol. The topological polar surface area (TPSA) is 108 Å². The number of aliphatic carboxylic acids is 1. The number of nitrogens with one attached hydrogen (secondary N) is 2. The molecular formula is C11H22N2O5. The molecule has 2 amide bonds. The lowest BCUT2D eigenvalue weighted by atomic mass is 10.1. The van der Waals surface area contributed by atoms with Crippen LogP contribution in [0.3, 0.4) is 0 Å². The van der Waals surface area contributed by atoms with Crippen molar-refractivity contribution in [1.82, 2.24) is 10.6 Å². The maximum Gasteiger partial charge on any atom is 0.337 e. The first-order valence-electron chi connectivity index (χ1n) is 5.72. The molecule has 7 nitrogen and oxygen atoms in total. The smallest absolute Gasteiger partial charge is 0.337 e. The van der Waals surface area contributed by atoms with Crippen molar-refractivity contribution in [2.24, 2.45) is 0 Å². The Morgan fingerprint density at radius 1 is 1.17 bits per heavy atom. The fraction of sp³-hybridized carbons (Fsp3) is 0.818. The summed E-state index contributed by atoms with van der Waals surface area (Å²) >= 11 is 0. The number of hydrogen-bond acceptors (Lipinski definition) is 4. The molecule has 0 heterocycles. The summed E-state index contributed by atoms with van der Waals surface area (Å²) < 4.78 is 5.38. The Morgan fingerprint density at radius 2 is 1.67 bits per heavy atom. The molecule has 7 heteroatoms. The SMILES string of the molecule is CCOC(C)(C)CNC(=O)NCC(C)(O)C(=O)O. The van der Waals surface area contributed by atoms with Crippen molar-refractivity contribution in [3.63, 3.8) is 0 Å². The Bertz CT molecular complexity index is 302. The van der Waals surface area contributed by atoms with Crippen molar-refractivity contribution in [2.75, 3.05) is 19.7 Å². The van der Waals surface area contributed by atoms with Crippen molar-refractivity contribution in [1.29, 1.82) is 0 Å². The number of ether oxygens (including phenoxy) is 1. The van der Waals surface area contributed by atoms with Crippen LogP contribution in [0.4, 0.5) is 4.79 Å². The van der Waals surface area contributed by atoms with E-state index >= 15 is 0 Å². The summed E-state index contributed by atoms with van der Waals surface area (Å²) in [6.45, 7) is 7.05. The quantitative estimate of drug-likeness (QED) is 0.514. The molecule has 0 aliphatic carbocycles. The molecule has 0 aromatic carbocycles. The van der Waals surface area contributed by atoms with Gasteiger partial charge in [0.05, 0.1) is 12.1 Å². The summed E-state index contributed by atoms with van der Waals surface area (Å²) in [4.78, 5) is 22.0. The molecule has 0 fully saturated rings. The minimum atomic E-state index is -1.98. The van der Waals surface area contributed by atoms with E-state index < -0.39 is 23.2 Å². The van der Waals surface area contributed by atoms with Gasteiger partial charge >= 0.3 is 12.0 Å². The van der Waals surface area contributed by atoms with Crippen LogP contribution in [-0.4, -0.2) is 53.1 Å². The minimum Gasteiger partial charge on any atom is -0.479 e. The molecule has 106 valence electrons. The van der Waals surface area contributed by atoms with Gasteiger partial charge in [-0.15, -0.1) is 0 Å². The molecule has 0 radical (unpaired) electrons. The molecule has 18 heavy (non-hydrogen) atoms. The highest BCUT2D eigenvalue weighted by molar-refractivity contribution is 5.79. The first-order chi connectivity index (χ1) is 8.10. The molecular weight excluding hydrogens is 240 g/mol. The first kappa shape index (κ1) is 16.7. The summed E-state index contributed by atoms with van der Waals surface area (Å²) in [7, 11) is 0. The molecule has 1 atom stereocenters. The standard InChI is InChI=1S/C11H22N2O5/c1-5-18-10(2,3)6-12-9(16)13-7-11(4,17)8(14)15/h17H,5-7H2,1-4H3,(H,14,15)(H2,12,13,16). The average molecular weight is 262 g/mol. The van der Waals surface area contributed by atoms with E-state index in [-0.39, 0.29) is 13.1 Å². The molecule has 1 unspecified atom stereocenters. The van der Waals surface area contributed by atoms with Crippen LogP contribution in [0.5, 0.6) is 0 Å². The van der Waals surface area contributed by atoms with Crippen LogP contribution in [0.1, 0.15) is 27.7 Å². The van der Waals surface area contributed by atoms with E-state index in [1.807, 2.05) is 20.8 Å². The van der Waals surface area contributed by atoms with Gasteiger partial charge in [-0.1, -0.05) is 0 Å². The van der Waals surface area contributed by atoms with Gasteiger partial charge in [-0.2, -0.15) is 0 Å². The number of carboxylic acids is 1. The molecule has 0 rings (SSSR count). The van der Waals surface area contributed by atoms with E-state index in [0.717, 1.165) is 6.92 Å². The highest BCUT2D eigenvalue weighted by Crippen LogP contribution is 2.06. The second kappa shape index (κ2) is 6.55. The van der Waals surface area contributed by atoms with E-state index in [4.69, 9.17) is 9.84 Å². The fourth-order valence-corrected chi connectivity index (χ4v) is 1.13. The van der Waals surface area contributed by atoms with Gasteiger partial charge in [0.2, 0.25) is 0 Å². The number of carbonyl (C=O) groups is 2. The van der Waals surface area contributed by atoms with E-state index in [1.165, 1.54) is 0 Å². The summed E-state index contributed by atoms with van der Waals surface area (Å²) in [6, 6.07) is -0.552. The normalized spacial score (nSPS) is 14.7. The third kappa shape index (κ3) is 6.41. The second-order valence-electron chi connectivity index (χ2n) is 4.81. The van der Waals surface area contributed by atoms with Crippen molar-refractivity contribution < 1.29 is 24.5 Å². The van der Waals surface area contributed by atoms with E-state index in [1.54, 1.807) is 0 Å². The predicted octanol–water partition coefficient (Wildman–Crippen LogP) is -0.0637. The minimum absolute atomic E-state index is 0.280. The van der Waals surface area contributed by atoms with Crippen LogP contribution in [-0.2, 0) is 9.53 Å². The van der Waals surface area contributed by atoms with E-state index in [2.05, 4.69) is 10.6 Å². The van der Waals surface area contributed by atoms with Crippen LogP contribution < -0.4 is 10.6 Å². The predicted molar refractivity (Wildman–Crippen MR) is 65.4 cm³/mol. The highest BCUT2D eigenvalue weighted by Gasteiger charge is 2.30. The maximum absolute atomic E-state index is 11.4. The molecule has 0 bridgehead atoms. The molecule has 0 aromatic heterocycles. The zero-order valence-electron chi connectivity index (χ0n) is 11.2. The van der Waals surface area contributed by atoms with Crippen molar-refractivity contribution in [3.05, 3.63) is 0 Å². The lowest BCUT2D eigenvalue weighted by molar-refractivity contribution is -0.155. The molecule has 0 aromatic rings. The fourth-order valence-electron chi connectivity index (χ4n) is 1.13. The number of amides is 2. The summed E-state index contributed by atoms with van der Waals surface area (Å²) in [6.07, 6.45) is 0. The van der Waals surface area contributed by atoms with Gasteiger partial charge in [0.1, 0.15) is 0 Å². The molecule has 4 N–H and O–H groups in total. The number of carbonyl (C=O) groups excluding carboxylic acids is 1. The molecule has 0 saturated heterocycles. The molecule has 0 aliphatic heterocycles. The molecule has 0 aliphatic rings. The van der Waals surface area contributed by atoms with Gasteiger partial charge in [-0.3, -0.25) is 0 Å². The third-order valence-electron chi connectivity index (χ3n) is 2.26. The van der Waals surface area contributed by atoms with Crippen molar-refractivity contribution in [3.8, 4) is 0 Å². The number of urea groups is 1. The first-order valence-corrected chi connectivity index (χ1v) is 5.72. The second-order valence-corrected chi connectivity index (χ2v) is 4.81. The third-order valence-corrected chi connectivity index (χ3v) is 2.26. The van der Waals surface area contributed by atoms with Gasteiger partial charge in [-0.05, 0) is 27.7 Å². The lowest BCUT2D eigenvalue weighted by Crippen LogP contribution is -2.51. The lowest BCUT2D eigenvalue weighted by Gasteiger charge is -2.25. The number of rotatable bonds is 7. The largest absolute Gasteiger partial charge is 0.479 e.